The second kappa shape index (κ2) is 7.12. The fraction of sp³-hybridized carbons (Fsp3) is 0.278. The summed E-state index contributed by atoms with van der Waals surface area (Å²) in [6.45, 7) is 5.24. The van der Waals surface area contributed by atoms with E-state index in [9.17, 15) is 4.79 Å². The number of furan rings is 1. The van der Waals surface area contributed by atoms with Gasteiger partial charge in [-0.25, -0.2) is 9.97 Å². The van der Waals surface area contributed by atoms with E-state index in [1.165, 1.54) is 0 Å². The van der Waals surface area contributed by atoms with E-state index in [1.807, 2.05) is 32.2 Å². The molecule has 3 rings (SSSR count). The highest BCUT2D eigenvalue weighted by molar-refractivity contribution is 5.95. The van der Waals surface area contributed by atoms with Crippen LogP contribution in [0.1, 0.15) is 28.3 Å². The second-order valence-corrected chi connectivity index (χ2v) is 5.58. The number of hydrogen-bond acceptors (Lipinski definition) is 4. The minimum absolute atomic E-state index is 0.103. The zero-order valence-electron chi connectivity index (χ0n) is 13.8. The van der Waals surface area contributed by atoms with Crippen LogP contribution in [0.2, 0.25) is 0 Å². The standard InChI is InChI=1S/C18H20N4O2/c1-13-15(6-7-16(21-13)17-5-3-12-24-17)18(23)20-8-4-10-22-11-9-19-14(22)2/h3,5-7,9,11-12H,4,8,10H2,1-2H3,(H,20,23). The van der Waals surface area contributed by atoms with Crippen LogP contribution in [0, 0.1) is 13.8 Å². The molecule has 24 heavy (non-hydrogen) atoms. The molecule has 0 aliphatic heterocycles. The van der Waals surface area contributed by atoms with Gasteiger partial charge in [0.15, 0.2) is 5.76 Å². The SMILES string of the molecule is Cc1nc(-c2ccco2)ccc1C(=O)NCCCn1ccnc1C. The predicted molar refractivity (Wildman–Crippen MR) is 90.6 cm³/mol. The van der Waals surface area contributed by atoms with E-state index in [0.717, 1.165) is 24.5 Å². The molecule has 1 amide bonds. The Morgan fingerprint density at radius 3 is 2.83 bits per heavy atom. The van der Waals surface area contributed by atoms with Crippen molar-refractivity contribution in [3.8, 4) is 11.5 Å². The van der Waals surface area contributed by atoms with Crippen molar-refractivity contribution in [2.24, 2.45) is 0 Å². The number of carbonyl (C=O) groups excluding carboxylic acids is 1. The summed E-state index contributed by atoms with van der Waals surface area (Å²) in [5.74, 6) is 1.57. The van der Waals surface area contributed by atoms with Gasteiger partial charge in [-0.15, -0.1) is 0 Å². The maximum Gasteiger partial charge on any atom is 0.253 e. The summed E-state index contributed by atoms with van der Waals surface area (Å²) in [4.78, 5) is 20.9. The molecule has 0 bridgehead atoms. The van der Waals surface area contributed by atoms with Crippen LogP contribution in [0.25, 0.3) is 11.5 Å². The summed E-state index contributed by atoms with van der Waals surface area (Å²) < 4.78 is 7.40. The fourth-order valence-corrected chi connectivity index (χ4v) is 2.55. The lowest BCUT2D eigenvalue weighted by atomic mass is 10.1. The number of rotatable bonds is 6. The van der Waals surface area contributed by atoms with E-state index in [2.05, 4.69) is 19.9 Å². The van der Waals surface area contributed by atoms with E-state index >= 15 is 0 Å². The van der Waals surface area contributed by atoms with E-state index in [-0.39, 0.29) is 5.91 Å². The Morgan fingerprint density at radius 2 is 2.17 bits per heavy atom. The lowest BCUT2D eigenvalue weighted by Crippen LogP contribution is -2.26. The van der Waals surface area contributed by atoms with Gasteiger partial charge in [-0.3, -0.25) is 4.79 Å². The normalized spacial score (nSPS) is 10.8. The van der Waals surface area contributed by atoms with Crippen LogP contribution in [0.3, 0.4) is 0 Å². The van der Waals surface area contributed by atoms with Crippen molar-refractivity contribution < 1.29 is 9.21 Å². The Kier molecular flexibility index (Phi) is 4.74. The Labute approximate surface area is 140 Å². The second-order valence-electron chi connectivity index (χ2n) is 5.58. The number of nitrogens with zero attached hydrogens (tertiary/aromatic N) is 3. The molecule has 0 saturated carbocycles. The number of amides is 1. The van der Waals surface area contributed by atoms with Crippen LogP contribution in [0.5, 0.6) is 0 Å². The van der Waals surface area contributed by atoms with Crippen molar-refractivity contribution in [3.05, 3.63) is 60.0 Å². The number of aryl methyl sites for hydroxylation is 3. The van der Waals surface area contributed by atoms with Crippen molar-refractivity contribution in [2.45, 2.75) is 26.8 Å². The smallest absolute Gasteiger partial charge is 0.253 e. The number of aromatic nitrogens is 3. The molecule has 0 spiro atoms. The Bertz CT molecular complexity index is 821. The van der Waals surface area contributed by atoms with Gasteiger partial charge >= 0.3 is 0 Å². The predicted octanol–water partition coefficient (Wildman–Crippen LogP) is 2.98. The quantitative estimate of drug-likeness (QED) is 0.708. The topological polar surface area (TPSA) is 73.0 Å². The molecule has 0 unspecified atom stereocenters. The third-order valence-electron chi connectivity index (χ3n) is 3.89. The third kappa shape index (κ3) is 3.53. The average molecular weight is 324 g/mol. The van der Waals surface area contributed by atoms with Gasteiger partial charge in [-0.2, -0.15) is 0 Å². The lowest BCUT2D eigenvalue weighted by molar-refractivity contribution is 0.0951. The summed E-state index contributed by atoms with van der Waals surface area (Å²) in [6, 6.07) is 7.25. The highest BCUT2D eigenvalue weighted by Crippen LogP contribution is 2.19. The molecule has 0 atom stereocenters. The molecule has 0 radical (unpaired) electrons. The fourth-order valence-electron chi connectivity index (χ4n) is 2.55. The Morgan fingerprint density at radius 1 is 1.29 bits per heavy atom. The largest absolute Gasteiger partial charge is 0.463 e. The number of imidazole rings is 1. The number of pyridine rings is 1. The Hall–Kier alpha value is -2.89. The molecule has 0 fully saturated rings. The van der Waals surface area contributed by atoms with Crippen molar-refractivity contribution in [1.29, 1.82) is 0 Å². The van der Waals surface area contributed by atoms with Crippen molar-refractivity contribution >= 4 is 5.91 Å². The molecule has 0 aliphatic rings. The molecule has 0 saturated heterocycles. The van der Waals surface area contributed by atoms with Gasteiger partial charge in [0.25, 0.3) is 5.91 Å². The van der Waals surface area contributed by atoms with Crippen LogP contribution in [-0.4, -0.2) is 27.0 Å². The third-order valence-corrected chi connectivity index (χ3v) is 3.89. The van der Waals surface area contributed by atoms with Gasteiger partial charge in [-0.05, 0) is 44.5 Å². The number of nitrogens with one attached hydrogen (secondary N) is 1. The van der Waals surface area contributed by atoms with E-state index in [0.29, 0.717) is 23.6 Å². The molecule has 3 aromatic rings. The summed E-state index contributed by atoms with van der Waals surface area (Å²) in [6.07, 6.45) is 6.18. The number of carbonyl (C=O) groups is 1. The molecule has 3 heterocycles. The van der Waals surface area contributed by atoms with Crippen molar-refractivity contribution in [2.75, 3.05) is 6.54 Å². The molecule has 0 aromatic carbocycles. The lowest BCUT2D eigenvalue weighted by Gasteiger charge is -2.09. The molecule has 1 N–H and O–H groups in total. The molecular formula is C18H20N4O2. The summed E-state index contributed by atoms with van der Waals surface area (Å²) in [5.41, 5.74) is 2.00. The van der Waals surface area contributed by atoms with Gasteiger partial charge in [0.2, 0.25) is 0 Å². The average Bonchev–Trinajstić information content (AvgIpc) is 3.23. The first-order valence-corrected chi connectivity index (χ1v) is 7.92. The summed E-state index contributed by atoms with van der Waals surface area (Å²) in [5, 5.41) is 2.94. The van der Waals surface area contributed by atoms with Crippen LogP contribution in [-0.2, 0) is 6.54 Å². The summed E-state index contributed by atoms with van der Waals surface area (Å²) in [7, 11) is 0. The van der Waals surface area contributed by atoms with Crippen molar-refractivity contribution in [1.82, 2.24) is 19.9 Å². The maximum absolute atomic E-state index is 12.3. The highest BCUT2D eigenvalue weighted by atomic mass is 16.3. The van der Waals surface area contributed by atoms with Gasteiger partial charge in [0, 0.05) is 25.5 Å². The number of hydrogen-bond donors (Lipinski definition) is 1. The van der Waals surface area contributed by atoms with Gasteiger partial charge in [-0.1, -0.05) is 0 Å². The van der Waals surface area contributed by atoms with Crippen LogP contribution in [0.4, 0.5) is 0 Å². The highest BCUT2D eigenvalue weighted by Gasteiger charge is 2.12. The zero-order valence-corrected chi connectivity index (χ0v) is 13.8. The maximum atomic E-state index is 12.3. The molecule has 3 aromatic heterocycles. The zero-order chi connectivity index (χ0) is 16.9. The minimum Gasteiger partial charge on any atom is -0.463 e. The first-order chi connectivity index (χ1) is 11.6. The van der Waals surface area contributed by atoms with E-state index in [4.69, 9.17) is 4.42 Å². The molecule has 0 aliphatic carbocycles. The van der Waals surface area contributed by atoms with Crippen molar-refractivity contribution in [3.63, 3.8) is 0 Å². The first-order valence-electron chi connectivity index (χ1n) is 7.92. The molecule has 6 heteroatoms. The van der Waals surface area contributed by atoms with Crippen LogP contribution >= 0.6 is 0 Å². The van der Waals surface area contributed by atoms with Gasteiger partial charge in [0.1, 0.15) is 11.5 Å². The minimum atomic E-state index is -0.103. The summed E-state index contributed by atoms with van der Waals surface area (Å²) >= 11 is 0. The monoisotopic (exact) mass is 324 g/mol. The molecular weight excluding hydrogens is 304 g/mol. The molecule has 6 nitrogen and oxygen atoms in total. The first kappa shape index (κ1) is 16.0. The van der Waals surface area contributed by atoms with Gasteiger partial charge in [0.05, 0.1) is 17.5 Å². The van der Waals surface area contributed by atoms with E-state index < -0.39 is 0 Å². The van der Waals surface area contributed by atoms with Crippen LogP contribution < -0.4 is 5.32 Å². The molecule has 124 valence electrons. The van der Waals surface area contributed by atoms with Crippen LogP contribution in [0.15, 0.2) is 47.3 Å². The Balaban J connectivity index is 1.56. The van der Waals surface area contributed by atoms with E-state index in [1.54, 1.807) is 24.6 Å². The van der Waals surface area contributed by atoms with Gasteiger partial charge < -0.3 is 14.3 Å².